The number of amides is 1. The average molecular weight is 473 g/mol. The summed E-state index contributed by atoms with van der Waals surface area (Å²) in [6.45, 7) is 9.48. The van der Waals surface area contributed by atoms with Gasteiger partial charge in [0.25, 0.3) is 0 Å². The van der Waals surface area contributed by atoms with E-state index in [1.54, 1.807) is 12.1 Å². The van der Waals surface area contributed by atoms with Crippen molar-refractivity contribution in [1.82, 2.24) is 9.62 Å². The molecule has 0 bridgehead atoms. The van der Waals surface area contributed by atoms with Crippen LogP contribution in [-0.4, -0.2) is 44.9 Å². The number of aryl methyl sites for hydroxylation is 2. The van der Waals surface area contributed by atoms with Crippen LogP contribution >= 0.6 is 0 Å². The van der Waals surface area contributed by atoms with Gasteiger partial charge in [-0.15, -0.1) is 0 Å². The third-order valence-corrected chi connectivity index (χ3v) is 8.54. The number of ether oxygens (including phenoxy) is 2. The van der Waals surface area contributed by atoms with Gasteiger partial charge in [0.2, 0.25) is 15.9 Å². The van der Waals surface area contributed by atoms with Gasteiger partial charge in [0.1, 0.15) is 13.2 Å². The Morgan fingerprint density at radius 1 is 0.970 bits per heavy atom. The number of rotatable bonds is 5. The van der Waals surface area contributed by atoms with Gasteiger partial charge >= 0.3 is 0 Å². The summed E-state index contributed by atoms with van der Waals surface area (Å²) in [6.07, 6.45) is 0.986. The third-order valence-electron chi connectivity index (χ3n) is 6.64. The van der Waals surface area contributed by atoms with E-state index < -0.39 is 15.6 Å². The fraction of sp³-hybridized carbons (Fsp3) is 0.480. The molecule has 7 nitrogen and oxygen atoms in total. The lowest BCUT2D eigenvalue weighted by molar-refractivity contribution is -0.127. The number of carbonyl (C=O) groups is 1. The van der Waals surface area contributed by atoms with Crippen molar-refractivity contribution in [2.24, 2.45) is 5.92 Å². The van der Waals surface area contributed by atoms with Crippen molar-refractivity contribution < 1.29 is 22.7 Å². The van der Waals surface area contributed by atoms with E-state index >= 15 is 0 Å². The fourth-order valence-corrected chi connectivity index (χ4v) is 5.85. The molecule has 2 aliphatic heterocycles. The van der Waals surface area contributed by atoms with Crippen LogP contribution in [0.3, 0.4) is 0 Å². The number of benzene rings is 2. The first-order chi connectivity index (χ1) is 15.6. The molecule has 4 rings (SSSR count). The first-order valence-corrected chi connectivity index (χ1v) is 12.8. The summed E-state index contributed by atoms with van der Waals surface area (Å²) in [5, 5.41) is 3.14. The van der Waals surface area contributed by atoms with Gasteiger partial charge in [-0.3, -0.25) is 4.79 Å². The first kappa shape index (κ1) is 23.6. The molecular weight excluding hydrogens is 440 g/mol. The highest BCUT2D eigenvalue weighted by Crippen LogP contribution is 2.35. The molecule has 33 heavy (non-hydrogen) atoms. The second-order valence-corrected chi connectivity index (χ2v) is 11.3. The molecule has 0 radical (unpaired) electrons. The van der Waals surface area contributed by atoms with Crippen LogP contribution in [0, 0.1) is 19.8 Å². The van der Waals surface area contributed by atoms with Crippen LogP contribution in [0.1, 0.15) is 43.4 Å². The molecule has 2 heterocycles. The zero-order valence-electron chi connectivity index (χ0n) is 19.7. The first-order valence-electron chi connectivity index (χ1n) is 11.4. The Labute approximate surface area is 196 Å². The zero-order chi connectivity index (χ0) is 23.8. The number of carbonyl (C=O) groups excluding carboxylic acids is 1. The van der Waals surface area contributed by atoms with E-state index in [9.17, 15) is 13.2 Å². The van der Waals surface area contributed by atoms with Gasteiger partial charge in [0, 0.05) is 19.0 Å². The molecule has 1 amide bonds. The van der Waals surface area contributed by atoms with Crippen molar-refractivity contribution in [3.8, 4) is 11.5 Å². The van der Waals surface area contributed by atoms with Gasteiger partial charge in [-0.05, 0) is 81.5 Å². The molecule has 0 atom stereocenters. The van der Waals surface area contributed by atoms with Gasteiger partial charge in [-0.2, -0.15) is 4.31 Å². The molecule has 0 aliphatic carbocycles. The van der Waals surface area contributed by atoms with Crippen LogP contribution in [0.15, 0.2) is 41.3 Å². The smallest absolute Gasteiger partial charge is 0.243 e. The number of fused-ring (bicyclic) bond motifs is 1. The van der Waals surface area contributed by atoms with Crippen molar-refractivity contribution in [3.05, 3.63) is 53.1 Å². The molecular formula is C25H32N2O5S. The minimum absolute atomic E-state index is 0.0573. The summed E-state index contributed by atoms with van der Waals surface area (Å²) in [4.78, 5) is 13.4. The lowest BCUT2D eigenvalue weighted by Gasteiger charge is -2.34. The molecule has 2 aromatic rings. The number of sulfonamides is 1. The highest BCUT2D eigenvalue weighted by atomic mass is 32.2. The molecule has 2 aliphatic rings. The number of piperidine rings is 1. The van der Waals surface area contributed by atoms with Crippen molar-refractivity contribution >= 4 is 15.9 Å². The van der Waals surface area contributed by atoms with Crippen molar-refractivity contribution in [1.29, 1.82) is 0 Å². The van der Waals surface area contributed by atoms with Crippen LogP contribution in [-0.2, 0) is 20.4 Å². The summed E-state index contributed by atoms with van der Waals surface area (Å²) in [5.41, 5.74) is 2.33. The van der Waals surface area contributed by atoms with Crippen molar-refractivity contribution in [2.75, 3.05) is 26.3 Å². The molecule has 0 spiro atoms. The van der Waals surface area contributed by atoms with E-state index in [4.69, 9.17) is 9.47 Å². The predicted octanol–water partition coefficient (Wildman–Crippen LogP) is 3.53. The van der Waals surface area contributed by atoms with Crippen LogP contribution in [0.4, 0.5) is 0 Å². The summed E-state index contributed by atoms with van der Waals surface area (Å²) < 4.78 is 38.9. The van der Waals surface area contributed by atoms with E-state index in [1.807, 2.05) is 52.0 Å². The summed E-state index contributed by atoms with van der Waals surface area (Å²) >= 11 is 0. The standard InChI is InChI=1S/C25H32N2O5S/c1-17-5-7-21(15-18(17)2)33(29,30)27-11-9-19(10-12-27)24(28)26-25(3,4)20-6-8-22-23(16-20)32-14-13-31-22/h5-8,15-16,19H,9-14H2,1-4H3,(H,26,28). The summed E-state index contributed by atoms with van der Waals surface area (Å²) in [7, 11) is -3.56. The van der Waals surface area contributed by atoms with Crippen LogP contribution in [0.25, 0.3) is 0 Å². The maximum atomic E-state index is 13.1. The largest absolute Gasteiger partial charge is 0.486 e. The third kappa shape index (κ3) is 4.87. The second kappa shape index (κ2) is 8.99. The van der Waals surface area contributed by atoms with E-state index in [1.165, 1.54) is 4.31 Å². The Balaban J connectivity index is 1.39. The van der Waals surface area contributed by atoms with Crippen LogP contribution in [0.2, 0.25) is 0 Å². The number of hydrogen-bond acceptors (Lipinski definition) is 5. The normalized spacial score (nSPS) is 17.6. The topological polar surface area (TPSA) is 84.9 Å². The Morgan fingerprint density at radius 2 is 1.64 bits per heavy atom. The van der Waals surface area contributed by atoms with Crippen LogP contribution in [0.5, 0.6) is 11.5 Å². The fourth-order valence-electron chi connectivity index (χ4n) is 4.30. The van der Waals surface area contributed by atoms with Gasteiger partial charge in [0.05, 0.1) is 10.4 Å². The Morgan fingerprint density at radius 3 is 2.30 bits per heavy atom. The predicted molar refractivity (Wildman–Crippen MR) is 126 cm³/mol. The molecule has 0 saturated carbocycles. The van der Waals surface area contributed by atoms with Gasteiger partial charge in [-0.1, -0.05) is 12.1 Å². The van der Waals surface area contributed by atoms with E-state index in [2.05, 4.69) is 5.32 Å². The van der Waals surface area contributed by atoms with E-state index in [-0.39, 0.29) is 11.8 Å². The van der Waals surface area contributed by atoms with Crippen LogP contribution < -0.4 is 14.8 Å². The monoisotopic (exact) mass is 472 g/mol. The highest BCUT2D eigenvalue weighted by molar-refractivity contribution is 7.89. The zero-order valence-corrected chi connectivity index (χ0v) is 20.5. The Hall–Kier alpha value is -2.58. The molecule has 0 unspecified atom stereocenters. The Bertz CT molecular complexity index is 1150. The molecule has 1 saturated heterocycles. The highest BCUT2D eigenvalue weighted by Gasteiger charge is 2.34. The van der Waals surface area contributed by atoms with Gasteiger partial charge < -0.3 is 14.8 Å². The van der Waals surface area contributed by atoms with Crippen molar-refractivity contribution in [2.45, 2.75) is 51.0 Å². The minimum Gasteiger partial charge on any atom is -0.486 e. The number of nitrogens with one attached hydrogen (secondary N) is 1. The Kier molecular flexibility index (Phi) is 6.42. The molecule has 178 valence electrons. The average Bonchev–Trinajstić information content (AvgIpc) is 2.80. The summed E-state index contributed by atoms with van der Waals surface area (Å²) in [5.74, 6) is 1.11. The molecule has 0 aromatic heterocycles. The van der Waals surface area contributed by atoms with Gasteiger partial charge in [-0.25, -0.2) is 8.42 Å². The van der Waals surface area contributed by atoms with E-state index in [0.717, 1.165) is 16.7 Å². The number of nitrogens with zero attached hydrogens (tertiary/aromatic N) is 1. The minimum atomic E-state index is -3.56. The quantitative estimate of drug-likeness (QED) is 0.720. The SMILES string of the molecule is Cc1ccc(S(=O)(=O)N2CCC(C(=O)NC(C)(C)c3ccc4c(c3)OCCO4)CC2)cc1C. The number of hydrogen-bond donors (Lipinski definition) is 1. The maximum Gasteiger partial charge on any atom is 0.243 e. The van der Waals surface area contributed by atoms with E-state index in [0.29, 0.717) is 55.5 Å². The molecule has 1 fully saturated rings. The van der Waals surface area contributed by atoms with Crippen molar-refractivity contribution in [3.63, 3.8) is 0 Å². The maximum absolute atomic E-state index is 13.1. The lowest BCUT2D eigenvalue weighted by Crippen LogP contribution is -2.47. The van der Waals surface area contributed by atoms with Gasteiger partial charge in [0.15, 0.2) is 11.5 Å². The molecule has 1 N–H and O–H groups in total. The lowest BCUT2D eigenvalue weighted by atomic mass is 9.91. The molecule has 8 heteroatoms. The molecule has 2 aromatic carbocycles. The summed E-state index contributed by atoms with van der Waals surface area (Å²) in [6, 6.07) is 10.9. The second-order valence-electron chi connectivity index (χ2n) is 9.40.